The molecule has 0 aliphatic rings. The van der Waals surface area contributed by atoms with Gasteiger partial charge in [-0.3, -0.25) is 9.59 Å². The number of amides is 2. The van der Waals surface area contributed by atoms with Crippen molar-refractivity contribution in [2.75, 3.05) is 13.1 Å². The Bertz CT molecular complexity index is 474. The third-order valence-corrected chi connectivity index (χ3v) is 2.66. The maximum atomic E-state index is 12.7. The van der Waals surface area contributed by atoms with E-state index in [1.54, 1.807) is 6.92 Å². The van der Waals surface area contributed by atoms with Crippen molar-refractivity contribution in [3.63, 3.8) is 0 Å². The number of halogens is 1. The summed E-state index contributed by atoms with van der Waals surface area (Å²) < 4.78 is 18.1. The summed E-state index contributed by atoms with van der Waals surface area (Å²) in [6.07, 6.45) is -0.554. The Balaban J connectivity index is 2.26. The molecule has 1 aromatic rings. The number of nitrogens with one attached hydrogen (secondary N) is 2. The molecular weight excluding hydrogens is 275 g/mol. The fraction of sp³-hybridized carbons (Fsp3) is 0.467. The molecular formula is C15H21FN2O3. The predicted octanol–water partition coefficient (Wildman–Crippen LogP) is 1.49. The first-order chi connectivity index (χ1) is 9.90. The maximum Gasteiger partial charge on any atom is 0.251 e. The van der Waals surface area contributed by atoms with Gasteiger partial charge in [0.2, 0.25) is 5.91 Å². The Morgan fingerprint density at radius 1 is 1.10 bits per heavy atom. The Hall–Kier alpha value is -1.95. The predicted molar refractivity (Wildman–Crippen MR) is 77.4 cm³/mol. The minimum Gasteiger partial charge on any atom is -0.366 e. The molecule has 0 spiro atoms. The van der Waals surface area contributed by atoms with Gasteiger partial charge in [-0.15, -0.1) is 0 Å². The highest BCUT2D eigenvalue weighted by Crippen LogP contribution is 2.02. The Morgan fingerprint density at radius 2 is 1.67 bits per heavy atom. The number of benzene rings is 1. The SMILES string of the molecule is CC(C)O[C@H](C)C(=O)NCCNC(=O)c1ccc(F)cc1. The van der Waals surface area contributed by atoms with Gasteiger partial charge >= 0.3 is 0 Å². The van der Waals surface area contributed by atoms with Gasteiger partial charge in [0, 0.05) is 18.7 Å². The third-order valence-electron chi connectivity index (χ3n) is 2.66. The lowest BCUT2D eigenvalue weighted by Gasteiger charge is -2.15. The molecule has 0 aliphatic carbocycles. The van der Waals surface area contributed by atoms with Gasteiger partial charge in [0.1, 0.15) is 11.9 Å². The minimum absolute atomic E-state index is 0.0241. The minimum atomic E-state index is -0.530. The van der Waals surface area contributed by atoms with Crippen molar-refractivity contribution >= 4 is 11.8 Å². The van der Waals surface area contributed by atoms with E-state index in [-0.39, 0.29) is 24.5 Å². The van der Waals surface area contributed by atoms with Crippen LogP contribution < -0.4 is 10.6 Å². The van der Waals surface area contributed by atoms with E-state index in [4.69, 9.17) is 4.74 Å². The standard InChI is InChI=1S/C15H21FN2O3/c1-10(2)21-11(3)14(19)17-8-9-18-15(20)12-4-6-13(16)7-5-12/h4-7,10-11H,8-9H2,1-3H3,(H,17,19)(H,18,20)/t11-/m1/s1. The van der Waals surface area contributed by atoms with Crippen LogP contribution >= 0.6 is 0 Å². The van der Waals surface area contributed by atoms with Crippen molar-refractivity contribution in [3.05, 3.63) is 35.6 Å². The van der Waals surface area contributed by atoms with E-state index in [1.807, 2.05) is 13.8 Å². The molecule has 1 atom stereocenters. The molecule has 116 valence electrons. The van der Waals surface area contributed by atoms with E-state index in [9.17, 15) is 14.0 Å². The molecule has 2 amide bonds. The molecule has 1 aromatic carbocycles. The largest absolute Gasteiger partial charge is 0.366 e. The van der Waals surface area contributed by atoms with Crippen molar-refractivity contribution in [1.82, 2.24) is 10.6 Å². The summed E-state index contributed by atoms with van der Waals surface area (Å²) >= 11 is 0. The molecule has 0 saturated heterocycles. The van der Waals surface area contributed by atoms with Gasteiger partial charge in [0.25, 0.3) is 5.91 Å². The van der Waals surface area contributed by atoms with Gasteiger partial charge in [0.15, 0.2) is 0 Å². The second kappa shape index (κ2) is 8.36. The topological polar surface area (TPSA) is 67.4 Å². The van der Waals surface area contributed by atoms with Crippen molar-refractivity contribution in [2.24, 2.45) is 0 Å². The van der Waals surface area contributed by atoms with Gasteiger partial charge in [-0.25, -0.2) is 4.39 Å². The lowest BCUT2D eigenvalue weighted by atomic mass is 10.2. The van der Waals surface area contributed by atoms with Crippen LogP contribution in [0.5, 0.6) is 0 Å². The summed E-state index contributed by atoms with van der Waals surface area (Å²) in [6.45, 7) is 5.97. The fourth-order valence-electron chi connectivity index (χ4n) is 1.68. The molecule has 0 aliphatic heterocycles. The van der Waals surface area contributed by atoms with Crippen molar-refractivity contribution in [2.45, 2.75) is 33.0 Å². The zero-order valence-corrected chi connectivity index (χ0v) is 12.5. The molecule has 1 rings (SSSR count). The van der Waals surface area contributed by atoms with Crippen LogP contribution in [0.2, 0.25) is 0 Å². The summed E-state index contributed by atoms with van der Waals surface area (Å²) in [5, 5.41) is 5.30. The van der Waals surface area contributed by atoms with E-state index in [0.717, 1.165) is 0 Å². The smallest absolute Gasteiger partial charge is 0.251 e. The summed E-state index contributed by atoms with van der Waals surface area (Å²) in [7, 11) is 0. The van der Waals surface area contributed by atoms with Crippen LogP contribution in [0.1, 0.15) is 31.1 Å². The molecule has 0 heterocycles. The molecule has 0 aromatic heterocycles. The third kappa shape index (κ3) is 6.35. The number of rotatable bonds is 7. The van der Waals surface area contributed by atoms with Crippen LogP contribution in [-0.2, 0) is 9.53 Å². The highest BCUT2D eigenvalue weighted by Gasteiger charge is 2.14. The molecule has 2 N–H and O–H groups in total. The number of hydrogen-bond acceptors (Lipinski definition) is 3. The Morgan fingerprint density at radius 3 is 2.24 bits per heavy atom. The van der Waals surface area contributed by atoms with Crippen LogP contribution in [0.4, 0.5) is 4.39 Å². The second-order valence-electron chi connectivity index (χ2n) is 4.88. The zero-order chi connectivity index (χ0) is 15.8. The number of ether oxygens (including phenoxy) is 1. The van der Waals surface area contributed by atoms with Crippen LogP contribution in [0.15, 0.2) is 24.3 Å². The van der Waals surface area contributed by atoms with Gasteiger partial charge in [-0.2, -0.15) is 0 Å². The average molecular weight is 296 g/mol. The van der Waals surface area contributed by atoms with Gasteiger partial charge < -0.3 is 15.4 Å². The van der Waals surface area contributed by atoms with E-state index >= 15 is 0 Å². The van der Waals surface area contributed by atoms with E-state index in [0.29, 0.717) is 12.1 Å². The summed E-state index contributed by atoms with van der Waals surface area (Å²) in [5.41, 5.74) is 0.374. The van der Waals surface area contributed by atoms with Crippen molar-refractivity contribution in [1.29, 1.82) is 0 Å². The quantitative estimate of drug-likeness (QED) is 0.749. The van der Waals surface area contributed by atoms with Crippen LogP contribution in [0.3, 0.4) is 0 Å². The number of hydrogen-bond donors (Lipinski definition) is 2. The van der Waals surface area contributed by atoms with Gasteiger partial charge in [-0.1, -0.05) is 0 Å². The van der Waals surface area contributed by atoms with Crippen LogP contribution in [0.25, 0.3) is 0 Å². The van der Waals surface area contributed by atoms with E-state index in [2.05, 4.69) is 10.6 Å². The maximum absolute atomic E-state index is 12.7. The molecule has 5 nitrogen and oxygen atoms in total. The monoisotopic (exact) mass is 296 g/mol. The number of carbonyl (C=O) groups excluding carboxylic acids is 2. The first kappa shape index (κ1) is 17.1. The highest BCUT2D eigenvalue weighted by atomic mass is 19.1. The van der Waals surface area contributed by atoms with Crippen LogP contribution in [-0.4, -0.2) is 37.1 Å². The first-order valence-electron chi connectivity index (χ1n) is 6.87. The first-order valence-corrected chi connectivity index (χ1v) is 6.87. The zero-order valence-electron chi connectivity index (χ0n) is 12.5. The Kier molecular flexibility index (Phi) is 6.81. The summed E-state index contributed by atoms with van der Waals surface area (Å²) in [5.74, 6) is -0.923. The molecule has 21 heavy (non-hydrogen) atoms. The van der Waals surface area contributed by atoms with E-state index in [1.165, 1.54) is 24.3 Å². The second-order valence-corrected chi connectivity index (χ2v) is 4.88. The van der Waals surface area contributed by atoms with Gasteiger partial charge in [0.05, 0.1) is 6.10 Å². The molecule has 0 saturated carbocycles. The Labute approximate surface area is 123 Å². The van der Waals surface area contributed by atoms with Gasteiger partial charge in [-0.05, 0) is 45.0 Å². The lowest BCUT2D eigenvalue weighted by Crippen LogP contribution is -2.40. The van der Waals surface area contributed by atoms with E-state index < -0.39 is 11.9 Å². The van der Waals surface area contributed by atoms with Crippen molar-refractivity contribution in [3.8, 4) is 0 Å². The summed E-state index contributed by atoms with van der Waals surface area (Å²) in [4.78, 5) is 23.3. The summed E-state index contributed by atoms with van der Waals surface area (Å²) in [6, 6.07) is 5.26. The molecule has 0 radical (unpaired) electrons. The normalized spacial score (nSPS) is 12.0. The fourth-order valence-corrected chi connectivity index (χ4v) is 1.68. The molecule has 0 fully saturated rings. The average Bonchev–Trinajstić information content (AvgIpc) is 2.43. The number of carbonyl (C=O) groups is 2. The molecule has 6 heteroatoms. The molecule has 0 unspecified atom stereocenters. The van der Waals surface area contributed by atoms with Crippen LogP contribution in [0, 0.1) is 5.82 Å². The highest BCUT2D eigenvalue weighted by molar-refractivity contribution is 5.94. The lowest BCUT2D eigenvalue weighted by molar-refractivity contribution is -0.134. The van der Waals surface area contributed by atoms with Crippen molar-refractivity contribution < 1.29 is 18.7 Å². The molecule has 0 bridgehead atoms.